The van der Waals surface area contributed by atoms with Crippen molar-refractivity contribution >= 4 is 0 Å². The van der Waals surface area contributed by atoms with Crippen molar-refractivity contribution in [1.82, 2.24) is 35.2 Å². The Hall–Kier alpha value is -3.55. The van der Waals surface area contributed by atoms with Crippen LogP contribution in [0.25, 0.3) is 22.5 Å². The van der Waals surface area contributed by atoms with Crippen LogP contribution in [0.15, 0.2) is 47.5 Å². The molecule has 0 radical (unpaired) electrons. The lowest BCUT2D eigenvalue weighted by atomic mass is 10.00. The summed E-state index contributed by atoms with van der Waals surface area (Å²) >= 11 is 0. The Morgan fingerprint density at radius 3 is 2.53 bits per heavy atom. The number of nitrogens with one attached hydrogen (secondary N) is 2. The van der Waals surface area contributed by atoms with Crippen LogP contribution < -0.4 is 5.69 Å². The predicted molar refractivity (Wildman–Crippen MR) is 124 cm³/mol. The molecule has 0 saturated heterocycles. The highest BCUT2D eigenvalue weighted by atomic mass is 16.1. The van der Waals surface area contributed by atoms with Gasteiger partial charge in [0.1, 0.15) is 0 Å². The molecular formula is C24H29N7O. The molecule has 8 nitrogen and oxygen atoms in total. The van der Waals surface area contributed by atoms with Crippen LogP contribution >= 0.6 is 0 Å². The number of aromatic nitrogens is 7. The van der Waals surface area contributed by atoms with Crippen molar-refractivity contribution in [2.24, 2.45) is 0 Å². The summed E-state index contributed by atoms with van der Waals surface area (Å²) in [7, 11) is 0. The van der Waals surface area contributed by atoms with Crippen molar-refractivity contribution in [2.45, 2.75) is 58.9 Å². The zero-order valence-electron chi connectivity index (χ0n) is 18.6. The maximum absolute atomic E-state index is 12.7. The summed E-state index contributed by atoms with van der Waals surface area (Å²) in [5.74, 6) is 0.510. The van der Waals surface area contributed by atoms with Crippen molar-refractivity contribution in [3.05, 3.63) is 70.2 Å². The van der Waals surface area contributed by atoms with E-state index in [0.717, 1.165) is 59.3 Å². The number of H-pyrrole nitrogens is 2. The fourth-order valence-corrected chi connectivity index (χ4v) is 4.08. The third-order valence-corrected chi connectivity index (χ3v) is 5.71. The van der Waals surface area contributed by atoms with Gasteiger partial charge in [-0.3, -0.25) is 9.55 Å². The van der Waals surface area contributed by atoms with Gasteiger partial charge in [0.2, 0.25) is 5.82 Å². The zero-order chi connectivity index (χ0) is 22.3. The van der Waals surface area contributed by atoms with Crippen LogP contribution in [-0.4, -0.2) is 35.2 Å². The van der Waals surface area contributed by atoms with E-state index in [1.54, 1.807) is 12.4 Å². The van der Waals surface area contributed by atoms with Crippen molar-refractivity contribution in [3.63, 3.8) is 0 Å². The van der Waals surface area contributed by atoms with Gasteiger partial charge in [-0.25, -0.2) is 4.79 Å². The Bertz CT molecular complexity index is 1190. The van der Waals surface area contributed by atoms with Gasteiger partial charge in [0.25, 0.3) is 0 Å². The van der Waals surface area contributed by atoms with Crippen LogP contribution in [-0.2, 0) is 19.4 Å². The number of imidazole rings is 1. The lowest BCUT2D eigenvalue weighted by Crippen LogP contribution is -2.19. The minimum absolute atomic E-state index is 0.0162. The number of benzene rings is 1. The number of hydrogen-bond acceptors (Lipinski definition) is 5. The Kier molecular flexibility index (Phi) is 6.89. The number of rotatable bonds is 10. The lowest BCUT2D eigenvalue weighted by molar-refractivity contribution is 0.650. The van der Waals surface area contributed by atoms with E-state index >= 15 is 0 Å². The first-order valence-corrected chi connectivity index (χ1v) is 11.3. The van der Waals surface area contributed by atoms with Gasteiger partial charge >= 0.3 is 5.69 Å². The summed E-state index contributed by atoms with van der Waals surface area (Å²) in [4.78, 5) is 20.0. The van der Waals surface area contributed by atoms with E-state index in [-0.39, 0.29) is 5.69 Å². The van der Waals surface area contributed by atoms with E-state index in [1.807, 2.05) is 10.6 Å². The summed E-state index contributed by atoms with van der Waals surface area (Å²) in [5, 5.41) is 14.3. The molecule has 0 saturated carbocycles. The van der Waals surface area contributed by atoms with Gasteiger partial charge in [-0.15, -0.1) is 10.2 Å². The predicted octanol–water partition coefficient (Wildman–Crippen LogP) is 4.15. The highest BCUT2D eigenvalue weighted by molar-refractivity contribution is 5.79. The Morgan fingerprint density at radius 1 is 0.969 bits per heavy atom. The van der Waals surface area contributed by atoms with E-state index in [2.05, 4.69) is 68.7 Å². The molecule has 3 heterocycles. The van der Waals surface area contributed by atoms with Gasteiger partial charge in [0, 0.05) is 29.3 Å². The number of hydrogen-bond donors (Lipinski definition) is 2. The molecular weight excluding hydrogens is 402 g/mol. The van der Waals surface area contributed by atoms with Gasteiger partial charge < -0.3 is 4.98 Å². The first-order chi connectivity index (χ1) is 15.7. The van der Waals surface area contributed by atoms with Crippen LogP contribution in [0.1, 0.15) is 56.5 Å². The van der Waals surface area contributed by atoms with Gasteiger partial charge in [-0.05, 0) is 47.2 Å². The van der Waals surface area contributed by atoms with Crippen molar-refractivity contribution < 1.29 is 0 Å². The number of pyridine rings is 1. The minimum Gasteiger partial charge on any atom is -0.310 e. The lowest BCUT2D eigenvalue weighted by Gasteiger charge is -2.11. The number of tetrazole rings is 1. The molecule has 4 aromatic rings. The third kappa shape index (κ3) is 4.69. The van der Waals surface area contributed by atoms with Gasteiger partial charge in [-0.1, -0.05) is 57.4 Å². The largest absolute Gasteiger partial charge is 0.326 e. The molecule has 0 amide bonds. The summed E-state index contributed by atoms with van der Waals surface area (Å²) in [6.45, 7) is 4.91. The van der Waals surface area contributed by atoms with E-state index in [4.69, 9.17) is 0 Å². The highest BCUT2D eigenvalue weighted by Crippen LogP contribution is 2.29. The minimum atomic E-state index is -0.0162. The third-order valence-electron chi connectivity index (χ3n) is 5.71. The standard InChI is InChI=1S/C24H29N7O/c1-3-5-6-8-22-21(7-4-2)26-24(32)31(22)16-17-9-11-18(12-10-17)19-13-14-25-15-20(19)23-27-29-30-28-23/h9-15H,3-8,16H2,1-2H3,(H,26,32)(H,27,28,29,30). The average Bonchev–Trinajstić information content (AvgIpc) is 3.45. The molecule has 1 aromatic carbocycles. The molecule has 32 heavy (non-hydrogen) atoms. The van der Waals surface area contributed by atoms with Crippen molar-refractivity contribution in [2.75, 3.05) is 0 Å². The number of unbranched alkanes of at least 4 members (excludes halogenated alkanes) is 2. The van der Waals surface area contributed by atoms with Crippen molar-refractivity contribution in [1.29, 1.82) is 0 Å². The molecule has 0 spiro atoms. The maximum Gasteiger partial charge on any atom is 0.326 e. The molecule has 8 heteroatoms. The second kappa shape index (κ2) is 10.2. The molecule has 0 bridgehead atoms. The molecule has 3 aromatic heterocycles. The van der Waals surface area contributed by atoms with E-state index in [1.165, 1.54) is 12.8 Å². The Morgan fingerprint density at radius 2 is 1.81 bits per heavy atom. The summed E-state index contributed by atoms with van der Waals surface area (Å²) in [6, 6.07) is 10.2. The van der Waals surface area contributed by atoms with E-state index in [0.29, 0.717) is 12.4 Å². The monoisotopic (exact) mass is 431 g/mol. The van der Waals surface area contributed by atoms with Crippen molar-refractivity contribution in [3.8, 4) is 22.5 Å². The second-order valence-electron chi connectivity index (χ2n) is 8.00. The molecule has 0 aliphatic carbocycles. The molecule has 0 unspecified atom stereocenters. The molecule has 166 valence electrons. The Balaban J connectivity index is 1.60. The number of aromatic amines is 2. The second-order valence-corrected chi connectivity index (χ2v) is 8.00. The van der Waals surface area contributed by atoms with Gasteiger partial charge in [0.05, 0.1) is 6.54 Å². The molecule has 0 atom stereocenters. The summed E-state index contributed by atoms with van der Waals surface area (Å²) in [6.07, 6.45) is 9.80. The zero-order valence-corrected chi connectivity index (χ0v) is 18.6. The fourth-order valence-electron chi connectivity index (χ4n) is 4.08. The number of aryl methyl sites for hydroxylation is 1. The van der Waals surface area contributed by atoms with E-state index < -0.39 is 0 Å². The molecule has 0 aliphatic heterocycles. The van der Waals surface area contributed by atoms with Gasteiger partial charge in [-0.2, -0.15) is 5.21 Å². The highest BCUT2D eigenvalue weighted by Gasteiger charge is 2.15. The van der Waals surface area contributed by atoms with E-state index in [9.17, 15) is 4.79 Å². The molecule has 2 N–H and O–H groups in total. The number of nitrogens with zero attached hydrogens (tertiary/aromatic N) is 5. The smallest absolute Gasteiger partial charge is 0.310 e. The molecule has 0 fully saturated rings. The summed E-state index contributed by atoms with van der Waals surface area (Å²) in [5.41, 5.74) is 6.15. The van der Waals surface area contributed by atoms with Crippen LogP contribution in [0, 0.1) is 0 Å². The fraction of sp³-hybridized carbons (Fsp3) is 0.375. The quantitative estimate of drug-likeness (QED) is 0.367. The first kappa shape index (κ1) is 21.7. The van der Waals surface area contributed by atoms with Crippen LogP contribution in [0.5, 0.6) is 0 Å². The normalized spacial score (nSPS) is 11.2. The molecule has 4 rings (SSSR count). The first-order valence-electron chi connectivity index (χ1n) is 11.3. The van der Waals surface area contributed by atoms with Crippen LogP contribution in [0.4, 0.5) is 0 Å². The summed E-state index contributed by atoms with van der Waals surface area (Å²) < 4.78 is 1.91. The maximum atomic E-state index is 12.7. The van der Waals surface area contributed by atoms with Gasteiger partial charge in [0.15, 0.2) is 0 Å². The topological polar surface area (TPSA) is 105 Å². The molecule has 0 aliphatic rings. The average molecular weight is 432 g/mol. The Labute approximate surface area is 187 Å². The van der Waals surface area contributed by atoms with Crippen LogP contribution in [0.3, 0.4) is 0 Å². The SMILES string of the molecule is CCCCCc1c(CCC)[nH]c(=O)n1Cc1ccc(-c2ccncc2-c2nn[nH]n2)cc1. The van der Waals surface area contributed by atoms with Crippen LogP contribution in [0.2, 0.25) is 0 Å².